The van der Waals surface area contributed by atoms with Crippen LogP contribution in [0.2, 0.25) is 0 Å². The van der Waals surface area contributed by atoms with E-state index in [9.17, 15) is 0 Å². The van der Waals surface area contributed by atoms with Gasteiger partial charge in [-0.25, -0.2) is 0 Å². The zero-order chi connectivity index (χ0) is 11.5. The summed E-state index contributed by atoms with van der Waals surface area (Å²) in [5, 5.41) is 3.44. The summed E-state index contributed by atoms with van der Waals surface area (Å²) in [6.07, 6.45) is 2.68. The van der Waals surface area contributed by atoms with Crippen molar-refractivity contribution >= 4 is 0 Å². The fourth-order valence-electron chi connectivity index (χ4n) is 1.88. The minimum atomic E-state index is 0.524. The van der Waals surface area contributed by atoms with Crippen molar-refractivity contribution in [2.75, 3.05) is 7.11 Å². The van der Waals surface area contributed by atoms with Gasteiger partial charge in [0.1, 0.15) is 5.75 Å². The highest BCUT2D eigenvalue weighted by atomic mass is 16.5. The van der Waals surface area contributed by atoms with Gasteiger partial charge in [-0.3, -0.25) is 0 Å². The van der Waals surface area contributed by atoms with Crippen LogP contribution >= 0.6 is 0 Å². The number of methoxy groups -OCH3 is 1. The predicted molar refractivity (Wildman–Crippen MR) is 66.9 cm³/mol. The first-order valence-electron chi connectivity index (χ1n) is 6.10. The second-order valence-corrected chi connectivity index (χ2v) is 4.92. The monoisotopic (exact) mass is 219 g/mol. The van der Waals surface area contributed by atoms with Crippen LogP contribution in [0, 0.1) is 0 Å². The topological polar surface area (TPSA) is 21.3 Å². The van der Waals surface area contributed by atoms with E-state index < -0.39 is 0 Å². The van der Waals surface area contributed by atoms with Crippen LogP contribution in [0.15, 0.2) is 18.2 Å². The lowest BCUT2D eigenvalue weighted by molar-refractivity contribution is 0.413. The van der Waals surface area contributed by atoms with Crippen LogP contribution in [0.25, 0.3) is 0 Å². The average molecular weight is 219 g/mol. The quantitative estimate of drug-likeness (QED) is 0.821. The minimum Gasteiger partial charge on any atom is -0.497 e. The highest BCUT2D eigenvalue weighted by molar-refractivity contribution is 5.38. The Morgan fingerprint density at radius 3 is 2.62 bits per heavy atom. The van der Waals surface area contributed by atoms with Gasteiger partial charge in [-0.05, 0) is 42.0 Å². The molecule has 0 heterocycles. The fraction of sp³-hybridized carbons (Fsp3) is 0.571. The Morgan fingerprint density at radius 2 is 2.06 bits per heavy atom. The largest absolute Gasteiger partial charge is 0.497 e. The first-order valence-corrected chi connectivity index (χ1v) is 6.10. The van der Waals surface area contributed by atoms with Crippen LogP contribution in [0.1, 0.15) is 43.7 Å². The van der Waals surface area contributed by atoms with E-state index in [1.807, 2.05) is 0 Å². The van der Waals surface area contributed by atoms with Crippen molar-refractivity contribution in [3.8, 4) is 5.75 Å². The standard InChI is InChI=1S/C14H21NO/c1-10(2)15-9-11-6-13(12-4-5-12)8-14(7-11)16-3/h6-8,10,12,15H,4-5,9H2,1-3H3. The molecule has 0 radical (unpaired) electrons. The molecule has 0 bridgehead atoms. The Bertz CT molecular complexity index is 356. The van der Waals surface area contributed by atoms with Crippen molar-refractivity contribution < 1.29 is 4.74 Å². The molecule has 0 spiro atoms. The highest BCUT2D eigenvalue weighted by Gasteiger charge is 2.24. The molecule has 88 valence electrons. The number of hydrogen-bond donors (Lipinski definition) is 1. The SMILES string of the molecule is COc1cc(CNC(C)C)cc(C2CC2)c1. The predicted octanol–water partition coefficient (Wildman–Crippen LogP) is 3.07. The molecule has 1 fully saturated rings. The third kappa shape index (κ3) is 2.99. The summed E-state index contributed by atoms with van der Waals surface area (Å²) in [4.78, 5) is 0. The maximum atomic E-state index is 5.35. The Morgan fingerprint density at radius 1 is 1.31 bits per heavy atom. The Hall–Kier alpha value is -1.02. The number of nitrogens with one attached hydrogen (secondary N) is 1. The van der Waals surface area contributed by atoms with E-state index in [0.717, 1.165) is 18.2 Å². The van der Waals surface area contributed by atoms with E-state index in [4.69, 9.17) is 4.74 Å². The molecule has 0 saturated heterocycles. The first-order chi connectivity index (χ1) is 7.69. The van der Waals surface area contributed by atoms with E-state index in [1.54, 1.807) is 7.11 Å². The van der Waals surface area contributed by atoms with Crippen molar-refractivity contribution in [3.63, 3.8) is 0 Å². The maximum absolute atomic E-state index is 5.35. The molecule has 1 aromatic carbocycles. The molecule has 0 unspecified atom stereocenters. The van der Waals surface area contributed by atoms with Crippen molar-refractivity contribution in [1.82, 2.24) is 5.32 Å². The average Bonchev–Trinajstić information content (AvgIpc) is 3.09. The molecule has 0 aromatic heterocycles. The summed E-state index contributed by atoms with van der Waals surface area (Å²) in [6, 6.07) is 7.14. The summed E-state index contributed by atoms with van der Waals surface area (Å²) in [7, 11) is 1.74. The molecule has 1 aromatic rings. The van der Waals surface area contributed by atoms with Gasteiger partial charge in [0.2, 0.25) is 0 Å². The molecular formula is C14H21NO. The van der Waals surface area contributed by atoms with Gasteiger partial charge < -0.3 is 10.1 Å². The second kappa shape index (κ2) is 4.88. The Balaban J connectivity index is 2.12. The second-order valence-electron chi connectivity index (χ2n) is 4.92. The molecule has 1 saturated carbocycles. The first kappa shape index (κ1) is 11.5. The molecular weight excluding hydrogens is 198 g/mol. The number of hydrogen-bond acceptors (Lipinski definition) is 2. The van der Waals surface area contributed by atoms with Crippen LogP contribution < -0.4 is 10.1 Å². The van der Waals surface area contributed by atoms with Crippen LogP contribution in [0.5, 0.6) is 5.75 Å². The van der Waals surface area contributed by atoms with Gasteiger partial charge in [-0.15, -0.1) is 0 Å². The van der Waals surface area contributed by atoms with Crippen LogP contribution in [-0.4, -0.2) is 13.2 Å². The lowest BCUT2D eigenvalue weighted by atomic mass is 10.1. The third-order valence-corrected chi connectivity index (χ3v) is 2.99. The van der Waals surface area contributed by atoms with Gasteiger partial charge in [0.25, 0.3) is 0 Å². The normalized spacial score (nSPS) is 15.5. The van der Waals surface area contributed by atoms with E-state index in [-0.39, 0.29) is 0 Å². The molecule has 1 aliphatic rings. The third-order valence-electron chi connectivity index (χ3n) is 2.99. The molecule has 1 aliphatic carbocycles. The van der Waals surface area contributed by atoms with E-state index in [2.05, 4.69) is 37.4 Å². The summed E-state index contributed by atoms with van der Waals surface area (Å²) >= 11 is 0. The lowest BCUT2D eigenvalue weighted by Crippen LogP contribution is -2.21. The molecule has 0 aliphatic heterocycles. The smallest absolute Gasteiger partial charge is 0.119 e. The van der Waals surface area contributed by atoms with Gasteiger partial charge in [-0.2, -0.15) is 0 Å². The van der Waals surface area contributed by atoms with Crippen molar-refractivity contribution in [1.29, 1.82) is 0 Å². The van der Waals surface area contributed by atoms with Crippen LogP contribution in [0.4, 0.5) is 0 Å². The van der Waals surface area contributed by atoms with Gasteiger partial charge in [-0.1, -0.05) is 19.9 Å². The number of benzene rings is 1. The molecule has 2 nitrogen and oxygen atoms in total. The Labute approximate surface area is 98.0 Å². The number of ether oxygens (including phenoxy) is 1. The van der Waals surface area contributed by atoms with Gasteiger partial charge in [0.05, 0.1) is 7.11 Å². The van der Waals surface area contributed by atoms with Crippen molar-refractivity contribution in [3.05, 3.63) is 29.3 Å². The zero-order valence-electron chi connectivity index (χ0n) is 10.4. The minimum absolute atomic E-state index is 0.524. The molecule has 0 atom stereocenters. The van der Waals surface area contributed by atoms with Crippen molar-refractivity contribution in [2.45, 2.75) is 45.2 Å². The molecule has 0 amide bonds. The summed E-state index contributed by atoms with van der Waals surface area (Å²) < 4.78 is 5.35. The van der Waals surface area contributed by atoms with Gasteiger partial charge in [0, 0.05) is 12.6 Å². The highest BCUT2D eigenvalue weighted by Crippen LogP contribution is 2.41. The molecule has 2 heteroatoms. The fourth-order valence-corrected chi connectivity index (χ4v) is 1.88. The molecule has 2 rings (SSSR count). The van der Waals surface area contributed by atoms with E-state index >= 15 is 0 Å². The lowest BCUT2D eigenvalue weighted by Gasteiger charge is -2.11. The van der Waals surface area contributed by atoms with E-state index in [0.29, 0.717) is 6.04 Å². The summed E-state index contributed by atoms with van der Waals surface area (Å²) in [5.74, 6) is 1.78. The molecule has 1 N–H and O–H groups in total. The number of rotatable bonds is 5. The molecule has 16 heavy (non-hydrogen) atoms. The van der Waals surface area contributed by atoms with Crippen LogP contribution in [-0.2, 0) is 6.54 Å². The summed E-state index contributed by atoms with van der Waals surface area (Å²) in [5.41, 5.74) is 2.77. The van der Waals surface area contributed by atoms with Gasteiger partial charge >= 0.3 is 0 Å². The zero-order valence-corrected chi connectivity index (χ0v) is 10.4. The maximum Gasteiger partial charge on any atom is 0.119 e. The van der Waals surface area contributed by atoms with E-state index in [1.165, 1.54) is 24.0 Å². The Kier molecular flexibility index (Phi) is 3.49. The van der Waals surface area contributed by atoms with Gasteiger partial charge in [0.15, 0.2) is 0 Å². The van der Waals surface area contributed by atoms with Crippen molar-refractivity contribution in [2.24, 2.45) is 0 Å². The summed E-state index contributed by atoms with van der Waals surface area (Å²) in [6.45, 7) is 5.26. The van der Waals surface area contributed by atoms with Crippen LogP contribution in [0.3, 0.4) is 0 Å².